The lowest BCUT2D eigenvalue weighted by molar-refractivity contribution is 1.52. The summed E-state index contributed by atoms with van der Waals surface area (Å²) >= 11 is 0. The van der Waals surface area contributed by atoms with Crippen LogP contribution in [0.2, 0.25) is 0 Å². The fourth-order valence-electron chi connectivity index (χ4n) is 4.55. The summed E-state index contributed by atoms with van der Waals surface area (Å²) < 4.78 is 0. The van der Waals surface area contributed by atoms with E-state index in [1.54, 1.807) is 0 Å². The topological polar surface area (TPSA) is 24.1 Å². The molecule has 0 saturated carbocycles. The number of hydrogen-bond acceptors (Lipinski definition) is 2. The predicted octanol–water partition coefficient (Wildman–Crippen LogP) is 9.15. The van der Waals surface area contributed by atoms with Crippen molar-refractivity contribution in [3.63, 3.8) is 0 Å². The summed E-state index contributed by atoms with van der Waals surface area (Å²) in [6.07, 6.45) is 0. The summed E-state index contributed by atoms with van der Waals surface area (Å²) in [5.74, 6) is 0. The third kappa shape index (κ3) is 3.98. The number of nitrogens with one attached hydrogen (secondary N) is 2. The Morgan fingerprint density at radius 2 is 0.824 bits per heavy atom. The normalized spacial score (nSPS) is 10.9. The molecule has 162 valence electrons. The first-order valence-corrected chi connectivity index (χ1v) is 11.5. The second kappa shape index (κ2) is 8.76. The maximum absolute atomic E-state index is 3.68. The van der Waals surface area contributed by atoms with E-state index in [0.29, 0.717) is 0 Å². The first-order valence-electron chi connectivity index (χ1n) is 11.5. The van der Waals surface area contributed by atoms with Gasteiger partial charge >= 0.3 is 0 Å². The number of hydrogen-bond donors (Lipinski definition) is 2. The van der Waals surface area contributed by atoms with Crippen LogP contribution in [0.4, 0.5) is 22.7 Å². The number of benzene rings is 6. The van der Waals surface area contributed by atoms with Crippen molar-refractivity contribution in [1.29, 1.82) is 0 Å². The molecule has 0 aromatic heterocycles. The summed E-state index contributed by atoms with van der Waals surface area (Å²) in [5.41, 5.74) is 6.62. The number of rotatable bonds is 5. The third-order valence-electron chi connectivity index (χ3n) is 6.18. The number of fused-ring (bicyclic) bond motifs is 2. The minimum atomic E-state index is 1.04. The Balaban J connectivity index is 1.45. The van der Waals surface area contributed by atoms with E-state index in [9.17, 15) is 0 Å². The first-order chi connectivity index (χ1) is 16.8. The lowest BCUT2D eigenvalue weighted by Crippen LogP contribution is -1.96. The van der Waals surface area contributed by atoms with E-state index in [0.717, 1.165) is 28.3 Å². The van der Waals surface area contributed by atoms with Crippen LogP contribution < -0.4 is 10.6 Å². The molecule has 0 unspecified atom stereocenters. The van der Waals surface area contributed by atoms with Crippen molar-refractivity contribution in [2.45, 2.75) is 0 Å². The van der Waals surface area contributed by atoms with E-state index < -0.39 is 0 Å². The minimum Gasteiger partial charge on any atom is -0.355 e. The van der Waals surface area contributed by atoms with Crippen molar-refractivity contribution in [3.8, 4) is 11.1 Å². The quantitative estimate of drug-likeness (QED) is 0.281. The number of anilines is 4. The zero-order valence-electron chi connectivity index (χ0n) is 18.7. The van der Waals surface area contributed by atoms with Gasteiger partial charge in [0.2, 0.25) is 0 Å². The van der Waals surface area contributed by atoms with Crippen LogP contribution in [-0.4, -0.2) is 0 Å². The van der Waals surface area contributed by atoms with Crippen molar-refractivity contribution in [2.24, 2.45) is 0 Å². The molecule has 0 aliphatic heterocycles. The molecule has 0 saturated heterocycles. The van der Waals surface area contributed by atoms with Gasteiger partial charge in [-0.05, 0) is 52.2 Å². The Bertz CT molecular complexity index is 1490. The lowest BCUT2D eigenvalue weighted by atomic mass is 10.0. The van der Waals surface area contributed by atoms with Gasteiger partial charge in [0, 0.05) is 33.5 Å². The fraction of sp³-hybridized carbons (Fsp3) is 0. The predicted molar refractivity (Wildman–Crippen MR) is 146 cm³/mol. The molecule has 2 nitrogen and oxygen atoms in total. The van der Waals surface area contributed by atoms with Crippen LogP contribution in [0.5, 0.6) is 0 Å². The summed E-state index contributed by atoms with van der Waals surface area (Å²) in [6.45, 7) is 0. The van der Waals surface area contributed by atoms with Gasteiger partial charge in [0.15, 0.2) is 0 Å². The second-order valence-electron chi connectivity index (χ2n) is 8.47. The van der Waals surface area contributed by atoms with Crippen molar-refractivity contribution < 1.29 is 0 Å². The SMILES string of the molecule is c1ccc(-c2cc(Nc3cccc4ccccc34)cc(Nc3cccc4ccccc34)c2)cc1. The van der Waals surface area contributed by atoms with Gasteiger partial charge in [0.25, 0.3) is 0 Å². The van der Waals surface area contributed by atoms with Crippen molar-refractivity contribution in [1.82, 2.24) is 0 Å². The molecule has 2 N–H and O–H groups in total. The highest BCUT2D eigenvalue weighted by atomic mass is 14.9. The standard InChI is InChI=1S/C32H24N2/c1-2-10-23(11-3-1)26-20-27(33-31-18-8-14-24-12-4-6-16-29(24)31)22-28(21-26)34-32-19-9-15-25-13-5-7-17-30(25)32/h1-22,33-34H. The molecule has 0 bridgehead atoms. The van der Waals surface area contributed by atoms with Gasteiger partial charge in [0.1, 0.15) is 0 Å². The molecule has 6 rings (SSSR count). The van der Waals surface area contributed by atoms with Crippen LogP contribution in [0, 0.1) is 0 Å². The monoisotopic (exact) mass is 436 g/mol. The van der Waals surface area contributed by atoms with Crippen LogP contribution in [0.3, 0.4) is 0 Å². The largest absolute Gasteiger partial charge is 0.355 e. The van der Waals surface area contributed by atoms with Crippen molar-refractivity contribution in [2.75, 3.05) is 10.6 Å². The van der Waals surface area contributed by atoms with Crippen LogP contribution >= 0.6 is 0 Å². The summed E-state index contributed by atoms with van der Waals surface area (Å²) in [7, 11) is 0. The van der Waals surface area contributed by atoms with E-state index in [4.69, 9.17) is 0 Å². The van der Waals surface area contributed by atoms with Gasteiger partial charge in [-0.25, -0.2) is 0 Å². The molecule has 6 aromatic carbocycles. The van der Waals surface area contributed by atoms with E-state index in [1.165, 1.54) is 27.1 Å². The lowest BCUT2D eigenvalue weighted by Gasteiger charge is -2.16. The van der Waals surface area contributed by atoms with E-state index in [2.05, 4.69) is 144 Å². The highest BCUT2D eigenvalue weighted by Crippen LogP contribution is 2.34. The molecule has 0 fully saturated rings. The zero-order valence-corrected chi connectivity index (χ0v) is 18.7. The van der Waals surface area contributed by atoms with Crippen LogP contribution in [-0.2, 0) is 0 Å². The second-order valence-corrected chi connectivity index (χ2v) is 8.47. The zero-order chi connectivity index (χ0) is 22.7. The maximum Gasteiger partial charge on any atom is 0.0463 e. The van der Waals surface area contributed by atoms with Crippen LogP contribution in [0.15, 0.2) is 133 Å². The molecule has 2 heteroatoms. The Morgan fingerprint density at radius 3 is 1.38 bits per heavy atom. The highest BCUT2D eigenvalue weighted by Gasteiger charge is 2.08. The smallest absolute Gasteiger partial charge is 0.0463 e. The van der Waals surface area contributed by atoms with Gasteiger partial charge in [-0.1, -0.05) is 103 Å². The van der Waals surface area contributed by atoms with Gasteiger partial charge < -0.3 is 10.6 Å². The molecule has 0 atom stereocenters. The molecule has 0 aliphatic carbocycles. The molecule has 0 aliphatic rings. The summed E-state index contributed by atoms with van der Waals surface area (Å²) in [6, 6.07) is 46.8. The molecule has 6 aromatic rings. The molecule has 0 spiro atoms. The Morgan fingerprint density at radius 1 is 0.353 bits per heavy atom. The third-order valence-corrected chi connectivity index (χ3v) is 6.18. The Hall–Kier alpha value is -4.56. The molecule has 0 heterocycles. The van der Waals surface area contributed by atoms with Crippen LogP contribution in [0.25, 0.3) is 32.7 Å². The summed E-state index contributed by atoms with van der Waals surface area (Å²) in [4.78, 5) is 0. The minimum absolute atomic E-state index is 1.04. The Labute approximate surface area is 199 Å². The van der Waals surface area contributed by atoms with Gasteiger partial charge in [-0.3, -0.25) is 0 Å². The first kappa shape index (κ1) is 20.1. The summed E-state index contributed by atoms with van der Waals surface area (Å²) in [5, 5.41) is 12.2. The van der Waals surface area contributed by atoms with Crippen LogP contribution in [0.1, 0.15) is 0 Å². The highest BCUT2D eigenvalue weighted by molar-refractivity contribution is 5.97. The van der Waals surface area contributed by atoms with Crippen molar-refractivity contribution in [3.05, 3.63) is 133 Å². The molecule has 34 heavy (non-hydrogen) atoms. The Kier molecular flexibility index (Phi) is 5.17. The van der Waals surface area contributed by atoms with Crippen molar-refractivity contribution >= 4 is 44.3 Å². The van der Waals surface area contributed by atoms with E-state index in [-0.39, 0.29) is 0 Å². The fourth-order valence-corrected chi connectivity index (χ4v) is 4.55. The molecular formula is C32H24N2. The maximum atomic E-state index is 3.68. The average Bonchev–Trinajstić information content (AvgIpc) is 2.90. The average molecular weight is 437 g/mol. The van der Waals surface area contributed by atoms with E-state index >= 15 is 0 Å². The molecule has 0 amide bonds. The molecule has 0 radical (unpaired) electrons. The van der Waals surface area contributed by atoms with Gasteiger partial charge in [-0.15, -0.1) is 0 Å². The van der Waals surface area contributed by atoms with Gasteiger partial charge in [-0.2, -0.15) is 0 Å². The molecular weight excluding hydrogens is 412 g/mol. The van der Waals surface area contributed by atoms with Gasteiger partial charge in [0.05, 0.1) is 0 Å². The van der Waals surface area contributed by atoms with E-state index in [1.807, 2.05) is 0 Å².